The van der Waals surface area contributed by atoms with Crippen LogP contribution in [0.4, 0.5) is 0 Å². The highest BCUT2D eigenvalue weighted by Crippen LogP contribution is 2.37. The highest BCUT2D eigenvalue weighted by molar-refractivity contribution is 5.52. The van der Waals surface area contributed by atoms with E-state index in [9.17, 15) is 0 Å². The van der Waals surface area contributed by atoms with Gasteiger partial charge < -0.3 is 19.5 Å². The highest BCUT2D eigenvalue weighted by Gasteiger charge is 2.19. The summed E-state index contributed by atoms with van der Waals surface area (Å²) in [6.45, 7) is 2.21. The fourth-order valence-corrected chi connectivity index (χ4v) is 2.68. The molecule has 1 aliphatic heterocycles. The molecule has 1 aromatic rings. The Morgan fingerprint density at radius 2 is 1.79 bits per heavy atom. The molecule has 2 rings (SSSR count). The van der Waals surface area contributed by atoms with Crippen molar-refractivity contribution in [2.45, 2.75) is 19.3 Å². The van der Waals surface area contributed by atoms with E-state index in [1.165, 1.54) is 18.4 Å². The zero-order chi connectivity index (χ0) is 13.7. The summed E-state index contributed by atoms with van der Waals surface area (Å²) in [6.07, 6.45) is 3.43. The fourth-order valence-electron chi connectivity index (χ4n) is 2.68. The van der Waals surface area contributed by atoms with Gasteiger partial charge in [-0.05, 0) is 44.3 Å². The minimum atomic E-state index is 0.701. The van der Waals surface area contributed by atoms with Crippen molar-refractivity contribution in [3.63, 3.8) is 0 Å². The number of benzene rings is 1. The summed E-state index contributed by atoms with van der Waals surface area (Å²) < 4.78 is 16.2. The van der Waals surface area contributed by atoms with Gasteiger partial charge in [-0.1, -0.05) is 0 Å². The molecule has 1 fully saturated rings. The van der Waals surface area contributed by atoms with E-state index in [0.29, 0.717) is 5.92 Å². The molecular weight excluding hydrogens is 242 g/mol. The smallest absolute Gasteiger partial charge is 0.164 e. The molecule has 0 atom stereocenters. The number of ether oxygens (including phenoxy) is 3. The maximum Gasteiger partial charge on any atom is 0.164 e. The van der Waals surface area contributed by atoms with Crippen LogP contribution in [0.1, 0.15) is 18.4 Å². The van der Waals surface area contributed by atoms with E-state index in [1.54, 1.807) is 21.3 Å². The number of rotatable bonds is 5. The van der Waals surface area contributed by atoms with Crippen LogP contribution < -0.4 is 19.5 Å². The molecule has 0 unspecified atom stereocenters. The second kappa shape index (κ2) is 6.66. The third-order valence-electron chi connectivity index (χ3n) is 3.73. The predicted molar refractivity (Wildman–Crippen MR) is 75.4 cm³/mol. The maximum absolute atomic E-state index is 5.51. The molecular formula is C15H23NO3. The molecule has 1 saturated heterocycles. The lowest BCUT2D eigenvalue weighted by atomic mass is 9.90. The quantitative estimate of drug-likeness (QED) is 0.886. The van der Waals surface area contributed by atoms with Crippen LogP contribution in [0, 0.1) is 5.92 Å². The molecule has 4 heteroatoms. The van der Waals surface area contributed by atoms with E-state index >= 15 is 0 Å². The molecule has 106 valence electrons. The summed E-state index contributed by atoms with van der Waals surface area (Å²) in [5, 5.41) is 3.39. The van der Waals surface area contributed by atoms with Crippen molar-refractivity contribution in [1.29, 1.82) is 0 Å². The molecule has 0 aliphatic carbocycles. The number of piperidine rings is 1. The van der Waals surface area contributed by atoms with E-state index in [0.717, 1.165) is 36.8 Å². The Labute approximate surface area is 115 Å². The topological polar surface area (TPSA) is 39.7 Å². The van der Waals surface area contributed by atoms with Gasteiger partial charge in [0.05, 0.1) is 21.3 Å². The van der Waals surface area contributed by atoms with E-state index in [-0.39, 0.29) is 0 Å². The van der Waals surface area contributed by atoms with Crippen molar-refractivity contribution >= 4 is 0 Å². The van der Waals surface area contributed by atoms with Crippen LogP contribution in [0.2, 0.25) is 0 Å². The van der Waals surface area contributed by atoms with Gasteiger partial charge in [-0.25, -0.2) is 0 Å². The highest BCUT2D eigenvalue weighted by atomic mass is 16.5. The molecule has 0 spiro atoms. The molecule has 1 N–H and O–H groups in total. The van der Waals surface area contributed by atoms with E-state index in [2.05, 4.69) is 11.4 Å². The van der Waals surface area contributed by atoms with Crippen molar-refractivity contribution in [2.24, 2.45) is 5.92 Å². The molecule has 19 heavy (non-hydrogen) atoms. The first-order valence-corrected chi connectivity index (χ1v) is 6.78. The first-order valence-electron chi connectivity index (χ1n) is 6.78. The molecule has 0 amide bonds. The Balaban J connectivity index is 2.25. The Kier molecular flexibility index (Phi) is 4.91. The zero-order valence-electron chi connectivity index (χ0n) is 12.0. The van der Waals surface area contributed by atoms with Gasteiger partial charge in [0.1, 0.15) is 5.75 Å². The van der Waals surface area contributed by atoms with Crippen LogP contribution in [0.25, 0.3) is 0 Å². The minimum Gasteiger partial charge on any atom is -0.497 e. The lowest BCUT2D eigenvalue weighted by Crippen LogP contribution is -2.28. The average molecular weight is 265 g/mol. The number of methoxy groups -OCH3 is 3. The number of nitrogens with one attached hydrogen (secondary N) is 1. The van der Waals surface area contributed by atoms with Crippen molar-refractivity contribution in [2.75, 3.05) is 34.4 Å². The van der Waals surface area contributed by atoms with Crippen molar-refractivity contribution in [1.82, 2.24) is 5.32 Å². The largest absolute Gasteiger partial charge is 0.497 e. The van der Waals surface area contributed by atoms with Gasteiger partial charge in [-0.3, -0.25) is 0 Å². The van der Waals surface area contributed by atoms with Crippen LogP contribution in [0.15, 0.2) is 12.1 Å². The van der Waals surface area contributed by atoms with Crippen molar-refractivity contribution in [3.8, 4) is 17.2 Å². The minimum absolute atomic E-state index is 0.701. The molecule has 0 bridgehead atoms. The van der Waals surface area contributed by atoms with Crippen molar-refractivity contribution in [3.05, 3.63) is 17.7 Å². The summed E-state index contributed by atoms with van der Waals surface area (Å²) in [6, 6.07) is 3.92. The molecule has 1 aliphatic rings. The summed E-state index contributed by atoms with van der Waals surface area (Å²) in [5.74, 6) is 3.10. The zero-order valence-corrected chi connectivity index (χ0v) is 12.0. The second-order valence-electron chi connectivity index (χ2n) is 4.92. The lowest BCUT2D eigenvalue weighted by molar-refractivity contribution is 0.334. The Morgan fingerprint density at radius 1 is 1.05 bits per heavy atom. The van der Waals surface area contributed by atoms with E-state index < -0.39 is 0 Å². The number of hydrogen-bond acceptors (Lipinski definition) is 4. The summed E-state index contributed by atoms with van der Waals surface area (Å²) >= 11 is 0. The lowest BCUT2D eigenvalue weighted by Gasteiger charge is -2.24. The van der Waals surface area contributed by atoms with Crippen LogP contribution in [-0.2, 0) is 6.42 Å². The first-order chi connectivity index (χ1) is 9.28. The molecule has 0 aromatic heterocycles. The maximum atomic E-state index is 5.51. The van der Waals surface area contributed by atoms with Gasteiger partial charge in [-0.15, -0.1) is 0 Å². The normalized spacial score (nSPS) is 16.2. The Morgan fingerprint density at radius 3 is 2.37 bits per heavy atom. The molecule has 0 saturated carbocycles. The van der Waals surface area contributed by atoms with Gasteiger partial charge >= 0.3 is 0 Å². The second-order valence-corrected chi connectivity index (χ2v) is 4.92. The van der Waals surface area contributed by atoms with Gasteiger partial charge in [0.15, 0.2) is 11.5 Å². The van der Waals surface area contributed by atoms with Gasteiger partial charge in [0.2, 0.25) is 0 Å². The monoisotopic (exact) mass is 265 g/mol. The van der Waals surface area contributed by atoms with Crippen LogP contribution >= 0.6 is 0 Å². The number of hydrogen-bond donors (Lipinski definition) is 1. The Bertz CT molecular complexity index is 414. The van der Waals surface area contributed by atoms with E-state index in [4.69, 9.17) is 14.2 Å². The summed E-state index contributed by atoms with van der Waals surface area (Å²) in [5.41, 5.74) is 1.17. The molecule has 0 radical (unpaired) electrons. The van der Waals surface area contributed by atoms with E-state index in [1.807, 2.05) is 6.07 Å². The van der Waals surface area contributed by atoms with Gasteiger partial charge in [0.25, 0.3) is 0 Å². The van der Waals surface area contributed by atoms with Crippen LogP contribution in [-0.4, -0.2) is 34.4 Å². The third-order valence-corrected chi connectivity index (χ3v) is 3.73. The first kappa shape index (κ1) is 14.0. The Hall–Kier alpha value is -1.42. The SMILES string of the molecule is COc1cc(CC2CCNCC2)c(OC)c(OC)c1. The van der Waals surface area contributed by atoms with Gasteiger partial charge in [0, 0.05) is 11.6 Å². The standard InChI is InChI=1S/C15H23NO3/c1-17-13-9-12(8-11-4-6-16-7-5-11)15(19-3)14(10-13)18-2/h9-11,16H,4-8H2,1-3H3. The predicted octanol–water partition coefficient (Wildman–Crippen LogP) is 2.25. The van der Waals surface area contributed by atoms with Crippen LogP contribution in [0.3, 0.4) is 0 Å². The van der Waals surface area contributed by atoms with Crippen LogP contribution in [0.5, 0.6) is 17.2 Å². The molecule has 1 aromatic carbocycles. The van der Waals surface area contributed by atoms with Crippen molar-refractivity contribution < 1.29 is 14.2 Å². The molecule has 4 nitrogen and oxygen atoms in total. The molecule has 1 heterocycles. The average Bonchev–Trinajstić information content (AvgIpc) is 2.47. The summed E-state index contributed by atoms with van der Waals surface area (Å²) in [4.78, 5) is 0. The summed E-state index contributed by atoms with van der Waals surface area (Å²) in [7, 11) is 5.03. The fraction of sp³-hybridized carbons (Fsp3) is 0.600. The van der Waals surface area contributed by atoms with Gasteiger partial charge in [-0.2, -0.15) is 0 Å². The third kappa shape index (κ3) is 3.32.